The molecule has 0 bridgehead atoms. The number of nitrogens with one attached hydrogen (secondary N) is 1. The van der Waals surface area contributed by atoms with Crippen LogP contribution in [-0.2, 0) is 11.3 Å². The zero-order valence-electron chi connectivity index (χ0n) is 11.3. The maximum Gasteiger partial charge on any atom is 0.0716 e. The quantitative estimate of drug-likeness (QED) is 0.698. The Morgan fingerprint density at radius 2 is 1.88 bits per heavy atom. The zero-order valence-corrected chi connectivity index (χ0v) is 11.3. The van der Waals surface area contributed by atoms with E-state index in [0.29, 0.717) is 5.41 Å². The molecule has 0 aliphatic rings. The maximum atomic E-state index is 5.71. The van der Waals surface area contributed by atoms with Crippen LogP contribution >= 0.6 is 0 Å². The van der Waals surface area contributed by atoms with Crippen molar-refractivity contribution in [2.75, 3.05) is 19.7 Å². The van der Waals surface area contributed by atoms with E-state index in [-0.39, 0.29) is 0 Å². The molecule has 1 aromatic carbocycles. The molecule has 96 valence electrons. The molecule has 1 aromatic rings. The molecule has 0 fully saturated rings. The number of rotatable bonds is 8. The Morgan fingerprint density at radius 3 is 2.53 bits per heavy atom. The van der Waals surface area contributed by atoms with Gasteiger partial charge in [0.05, 0.1) is 6.61 Å². The van der Waals surface area contributed by atoms with E-state index in [1.165, 1.54) is 5.56 Å². The predicted molar refractivity (Wildman–Crippen MR) is 73.0 cm³/mol. The first-order chi connectivity index (χ1) is 8.14. The lowest BCUT2D eigenvalue weighted by atomic mass is 9.90. The Labute approximate surface area is 105 Å². The van der Waals surface area contributed by atoms with Crippen molar-refractivity contribution in [3.05, 3.63) is 35.9 Å². The summed E-state index contributed by atoms with van der Waals surface area (Å²) in [5.74, 6) is 0. The SMILES string of the molecule is CCNCC(C)(C)CCOCc1ccccc1. The number of ether oxygens (including phenoxy) is 1. The van der Waals surface area contributed by atoms with E-state index in [0.717, 1.165) is 32.7 Å². The number of hydrogen-bond acceptors (Lipinski definition) is 2. The fraction of sp³-hybridized carbons (Fsp3) is 0.600. The molecule has 2 heteroatoms. The molecule has 0 spiro atoms. The lowest BCUT2D eigenvalue weighted by Gasteiger charge is -2.24. The van der Waals surface area contributed by atoms with Crippen molar-refractivity contribution in [3.8, 4) is 0 Å². The van der Waals surface area contributed by atoms with Crippen LogP contribution in [0.25, 0.3) is 0 Å². The van der Waals surface area contributed by atoms with E-state index in [4.69, 9.17) is 4.74 Å². The van der Waals surface area contributed by atoms with Crippen LogP contribution in [0.1, 0.15) is 32.8 Å². The minimum atomic E-state index is 0.312. The van der Waals surface area contributed by atoms with Gasteiger partial charge < -0.3 is 10.1 Å². The third-order valence-electron chi connectivity index (χ3n) is 2.89. The third-order valence-corrected chi connectivity index (χ3v) is 2.89. The maximum absolute atomic E-state index is 5.71. The minimum Gasteiger partial charge on any atom is -0.377 e. The van der Waals surface area contributed by atoms with Crippen molar-refractivity contribution in [2.45, 2.75) is 33.8 Å². The first kappa shape index (κ1) is 14.2. The highest BCUT2D eigenvalue weighted by Gasteiger charge is 2.16. The van der Waals surface area contributed by atoms with Crippen LogP contribution in [0.4, 0.5) is 0 Å². The fourth-order valence-electron chi connectivity index (χ4n) is 1.66. The van der Waals surface area contributed by atoms with E-state index in [1.54, 1.807) is 0 Å². The van der Waals surface area contributed by atoms with E-state index < -0.39 is 0 Å². The summed E-state index contributed by atoms with van der Waals surface area (Å²) in [6, 6.07) is 10.3. The summed E-state index contributed by atoms with van der Waals surface area (Å²) in [5.41, 5.74) is 1.56. The molecule has 2 nitrogen and oxygen atoms in total. The van der Waals surface area contributed by atoms with Crippen LogP contribution in [0.15, 0.2) is 30.3 Å². The molecular weight excluding hydrogens is 210 g/mol. The molecule has 0 saturated heterocycles. The van der Waals surface area contributed by atoms with Gasteiger partial charge in [-0.3, -0.25) is 0 Å². The second-order valence-electron chi connectivity index (χ2n) is 5.23. The smallest absolute Gasteiger partial charge is 0.0716 e. The third kappa shape index (κ3) is 6.44. The van der Waals surface area contributed by atoms with Gasteiger partial charge in [-0.05, 0) is 23.9 Å². The lowest BCUT2D eigenvalue weighted by molar-refractivity contribution is 0.0919. The van der Waals surface area contributed by atoms with Crippen LogP contribution in [0.5, 0.6) is 0 Å². The van der Waals surface area contributed by atoms with Crippen LogP contribution in [0, 0.1) is 5.41 Å². The van der Waals surface area contributed by atoms with E-state index in [2.05, 4.69) is 38.2 Å². The Balaban J connectivity index is 2.15. The highest BCUT2D eigenvalue weighted by Crippen LogP contribution is 2.19. The van der Waals surface area contributed by atoms with E-state index in [9.17, 15) is 0 Å². The summed E-state index contributed by atoms with van der Waals surface area (Å²) < 4.78 is 5.71. The molecule has 0 aliphatic carbocycles. The van der Waals surface area contributed by atoms with Crippen molar-refractivity contribution in [3.63, 3.8) is 0 Å². The van der Waals surface area contributed by atoms with E-state index >= 15 is 0 Å². The average molecular weight is 235 g/mol. The summed E-state index contributed by atoms with van der Waals surface area (Å²) in [6.45, 7) is 10.3. The standard InChI is InChI=1S/C15H25NO/c1-4-16-13-15(2,3)10-11-17-12-14-8-6-5-7-9-14/h5-9,16H,4,10-13H2,1-3H3. The molecule has 0 aliphatic heterocycles. The highest BCUT2D eigenvalue weighted by molar-refractivity contribution is 5.13. The number of benzene rings is 1. The molecule has 1 rings (SSSR count). The largest absolute Gasteiger partial charge is 0.377 e. The molecule has 1 N–H and O–H groups in total. The Morgan fingerprint density at radius 1 is 1.18 bits per heavy atom. The lowest BCUT2D eigenvalue weighted by Crippen LogP contribution is -2.30. The summed E-state index contributed by atoms with van der Waals surface area (Å²) >= 11 is 0. The van der Waals surface area contributed by atoms with E-state index in [1.807, 2.05) is 18.2 Å². The zero-order chi connectivity index (χ0) is 12.6. The molecular formula is C15H25NO. The fourth-order valence-corrected chi connectivity index (χ4v) is 1.66. The average Bonchev–Trinajstić information content (AvgIpc) is 2.34. The highest BCUT2D eigenvalue weighted by atomic mass is 16.5. The van der Waals surface area contributed by atoms with Gasteiger partial charge in [0.1, 0.15) is 0 Å². The first-order valence-electron chi connectivity index (χ1n) is 6.46. The first-order valence-corrected chi connectivity index (χ1v) is 6.46. The van der Waals surface area contributed by atoms with Crippen molar-refractivity contribution in [2.24, 2.45) is 5.41 Å². The summed E-state index contributed by atoms with van der Waals surface area (Å²) in [6.07, 6.45) is 1.09. The molecule has 0 amide bonds. The van der Waals surface area contributed by atoms with Gasteiger partial charge in [0.15, 0.2) is 0 Å². The van der Waals surface area contributed by atoms with Crippen molar-refractivity contribution < 1.29 is 4.74 Å². The van der Waals surface area contributed by atoms with Gasteiger partial charge in [-0.1, -0.05) is 51.1 Å². The van der Waals surface area contributed by atoms with Gasteiger partial charge in [0.2, 0.25) is 0 Å². The molecule has 0 aromatic heterocycles. The van der Waals surface area contributed by atoms with Crippen molar-refractivity contribution in [1.29, 1.82) is 0 Å². The normalized spacial score (nSPS) is 11.7. The van der Waals surface area contributed by atoms with Crippen molar-refractivity contribution in [1.82, 2.24) is 5.32 Å². The summed E-state index contributed by atoms with van der Waals surface area (Å²) in [7, 11) is 0. The minimum absolute atomic E-state index is 0.312. The second kappa shape index (κ2) is 7.46. The van der Waals surface area contributed by atoms with Crippen LogP contribution in [0.2, 0.25) is 0 Å². The number of hydrogen-bond donors (Lipinski definition) is 1. The van der Waals surface area contributed by atoms with Crippen LogP contribution < -0.4 is 5.32 Å². The molecule has 0 radical (unpaired) electrons. The van der Waals surface area contributed by atoms with Crippen LogP contribution in [-0.4, -0.2) is 19.7 Å². The summed E-state index contributed by atoms with van der Waals surface area (Å²) in [5, 5.41) is 3.39. The molecule has 0 atom stereocenters. The van der Waals surface area contributed by atoms with Gasteiger partial charge >= 0.3 is 0 Å². The Hall–Kier alpha value is -0.860. The van der Waals surface area contributed by atoms with Crippen LogP contribution in [0.3, 0.4) is 0 Å². The Bertz CT molecular complexity index is 295. The molecule has 0 heterocycles. The van der Waals surface area contributed by atoms with Crippen molar-refractivity contribution >= 4 is 0 Å². The molecule has 17 heavy (non-hydrogen) atoms. The monoisotopic (exact) mass is 235 g/mol. The van der Waals surface area contributed by atoms with Gasteiger partial charge in [-0.2, -0.15) is 0 Å². The summed E-state index contributed by atoms with van der Waals surface area (Å²) in [4.78, 5) is 0. The predicted octanol–water partition coefficient (Wildman–Crippen LogP) is 3.23. The van der Waals surface area contributed by atoms with Gasteiger partial charge in [-0.15, -0.1) is 0 Å². The van der Waals surface area contributed by atoms with Gasteiger partial charge in [0, 0.05) is 13.2 Å². The topological polar surface area (TPSA) is 21.3 Å². The molecule has 0 unspecified atom stereocenters. The Kier molecular flexibility index (Phi) is 6.23. The molecule has 0 saturated carbocycles. The van der Waals surface area contributed by atoms with Gasteiger partial charge in [0.25, 0.3) is 0 Å². The second-order valence-corrected chi connectivity index (χ2v) is 5.23. The van der Waals surface area contributed by atoms with Gasteiger partial charge in [-0.25, -0.2) is 0 Å².